The Morgan fingerprint density at radius 3 is 1.44 bits per heavy atom. The number of hydrogen-bond donors (Lipinski definition) is 0. The molecule has 0 N–H and O–H groups in total. The standard InChI is InChI=1S/C12H13F5O/c1-4-12(3,5-2)18-11-9(16)7(14)6(13)8(15)10(11)17/h4-5H2,1-3H3. The molecule has 1 rings (SSSR count). The fraction of sp³-hybridized carbons (Fsp3) is 0.500. The van der Waals surface area contributed by atoms with E-state index in [9.17, 15) is 22.0 Å². The summed E-state index contributed by atoms with van der Waals surface area (Å²) in [6.07, 6.45) is 0.728. The van der Waals surface area contributed by atoms with Crippen molar-refractivity contribution >= 4 is 0 Å². The van der Waals surface area contributed by atoms with Gasteiger partial charge in [-0.3, -0.25) is 0 Å². The summed E-state index contributed by atoms with van der Waals surface area (Å²) in [5.41, 5.74) is -0.988. The lowest BCUT2D eigenvalue weighted by Gasteiger charge is -2.28. The fourth-order valence-corrected chi connectivity index (χ4v) is 1.32. The SMILES string of the molecule is CCC(C)(CC)Oc1c(F)c(F)c(F)c(F)c1F. The molecule has 0 aliphatic carbocycles. The van der Waals surface area contributed by atoms with Crippen LogP contribution >= 0.6 is 0 Å². The molecule has 1 aromatic rings. The lowest BCUT2D eigenvalue weighted by atomic mass is 10.00. The van der Waals surface area contributed by atoms with Gasteiger partial charge < -0.3 is 4.74 Å². The third-order valence-electron chi connectivity index (χ3n) is 3.01. The molecule has 0 fully saturated rings. The van der Waals surface area contributed by atoms with Gasteiger partial charge in [-0.1, -0.05) is 13.8 Å². The Hall–Kier alpha value is -1.33. The highest BCUT2D eigenvalue weighted by Crippen LogP contribution is 2.33. The van der Waals surface area contributed by atoms with Gasteiger partial charge in [0.25, 0.3) is 0 Å². The van der Waals surface area contributed by atoms with E-state index in [4.69, 9.17) is 4.74 Å². The van der Waals surface area contributed by atoms with Crippen LogP contribution in [0.1, 0.15) is 33.6 Å². The van der Waals surface area contributed by atoms with Gasteiger partial charge in [-0.05, 0) is 19.8 Å². The molecule has 0 saturated heterocycles. The second kappa shape index (κ2) is 5.12. The first-order chi connectivity index (χ1) is 8.27. The molecule has 0 amide bonds. The van der Waals surface area contributed by atoms with Crippen LogP contribution in [0.5, 0.6) is 5.75 Å². The molecule has 1 aromatic carbocycles. The zero-order valence-electron chi connectivity index (χ0n) is 10.2. The Bertz CT molecular complexity index is 425. The summed E-state index contributed by atoms with van der Waals surface area (Å²) < 4.78 is 70.4. The summed E-state index contributed by atoms with van der Waals surface area (Å²) in [5, 5.41) is 0. The van der Waals surface area contributed by atoms with Crippen molar-refractivity contribution in [2.45, 2.75) is 39.2 Å². The monoisotopic (exact) mass is 268 g/mol. The summed E-state index contributed by atoms with van der Waals surface area (Å²) in [7, 11) is 0. The molecule has 0 atom stereocenters. The average molecular weight is 268 g/mol. The van der Waals surface area contributed by atoms with Crippen LogP contribution in [-0.2, 0) is 0 Å². The van der Waals surface area contributed by atoms with Crippen LogP contribution in [0.4, 0.5) is 22.0 Å². The minimum absolute atomic E-state index is 0.364. The van der Waals surface area contributed by atoms with Crippen molar-refractivity contribution in [3.8, 4) is 5.75 Å². The molecule has 18 heavy (non-hydrogen) atoms. The van der Waals surface area contributed by atoms with Crippen molar-refractivity contribution in [3.05, 3.63) is 29.1 Å². The molecule has 0 saturated carbocycles. The van der Waals surface area contributed by atoms with Gasteiger partial charge in [0.15, 0.2) is 5.75 Å². The molecule has 0 unspecified atom stereocenters. The van der Waals surface area contributed by atoms with Crippen LogP contribution in [-0.4, -0.2) is 5.60 Å². The van der Waals surface area contributed by atoms with Gasteiger partial charge in [0.05, 0.1) is 0 Å². The molecule has 0 aliphatic heterocycles. The molecular weight excluding hydrogens is 255 g/mol. The Morgan fingerprint density at radius 1 is 0.778 bits per heavy atom. The van der Waals surface area contributed by atoms with Gasteiger partial charge in [-0.25, -0.2) is 13.2 Å². The molecular formula is C12H13F5O. The van der Waals surface area contributed by atoms with Gasteiger partial charge in [0.2, 0.25) is 29.1 Å². The molecule has 0 radical (unpaired) electrons. The third-order valence-corrected chi connectivity index (χ3v) is 3.01. The normalized spacial score (nSPS) is 11.8. The molecule has 0 spiro atoms. The van der Waals surface area contributed by atoms with E-state index in [-0.39, 0.29) is 0 Å². The van der Waals surface area contributed by atoms with Crippen molar-refractivity contribution in [2.75, 3.05) is 0 Å². The maximum atomic E-state index is 13.4. The summed E-state index contributed by atoms with van der Waals surface area (Å²) in [6.45, 7) is 4.91. The highest BCUT2D eigenvalue weighted by atomic mass is 19.2. The van der Waals surface area contributed by atoms with E-state index >= 15 is 0 Å². The molecule has 102 valence electrons. The molecule has 6 heteroatoms. The number of ether oxygens (including phenoxy) is 1. The van der Waals surface area contributed by atoms with Crippen LogP contribution < -0.4 is 4.74 Å². The van der Waals surface area contributed by atoms with E-state index in [0.717, 1.165) is 0 Å². The Morgan fingerprint density at radius 2 is 1.11 bits per heavy atom. The molecule has 0 heterocycles. The lowest BCUT2D eigenvalue weighted by molar-refractivity contribution is 0.0672. The first-order valence-corrected chi connectivity index (χ1v) is 5.47. The number of benzene rings is 1. The number of rotatable bonds is 4. The van der Waals surface area contributed by atoms with Crippen molar-refractivity contribution < 1.29 is 26.7 Å². The largest absolute Gasteiger partial charge is 0.481 e. The summed E-state index contributed by atoms with van der Waals surface area (Å²) >= 11 is 0. The second-order valence-corrected chi connectivity index (χ2v) is 4.16. The first-order valence-electron chi connectivity index (χ1n) is 5.47. The van der Waals surface area contributed by atoms with E-state index in [0.29, 0.717) is 12.8 Å². The Balaban J connectivity index is 3.34. The average Bonchev–Trinajstić information content (AvgIpc) is 2.39. The molecule has 0 aromatic heterocycles. The minimum atomic E-state index is -2.19. The zero-order chi connectivity index (χ0) is 14.1. The molecule has 0 aliphatic rings. The predicted octanol–water partition coefficient (Wildman–Crippen LogP) is 4.34. The first kappa shape index (κ1) is 14.7. The van der Waals surface area contributed by atoms with Crippen LogP contribution in [0.2, 0.25) is 0 Å². The Kier molecular flexibility index (Phi) is 4.19. The van der Waals surface area contributed by atoms with Gasteiger partial charge in [-0.2, -0.15) is 8.78 Å². The van der Waals surface area contributed by atoms with Gasteiger partial charge in [0.1, 0.15) is 5.60 Å². The van der Waals surface area contributed by atoms with Crippen molar-refractivity contribution in [3.63, 3.8) is 0 Å². The van der Waals surface area contributed by atoms with Crippen molar-refractivity contribution in [1.29, 1.82) is 0 Å². The van der Waals surface area contributed by atoms with E-state index in [1.54, 1.807) is 13.8 Å². The predicted molar refractivity (Wildman–Crippen MR) is 55.8 cm³/mol. The van der Waals surface area contributed by atoms with E-state index in [1.165, 1.54) is 6.92 Å². The smallest absolute Gasteiger partial charge is 0.207 e. The van der Waals surface area contributed by atoms with Crippen LogP contribution in [0.15, 0.2) is 0 Å². The molecule has 1 nitrogen and oxygen atoms in total. The summed E-state index contributed by atoms with van der Waals surface area (Å²) in [5.74, 6) is -11.3. The summed E-state index contributed by atoms with van der Waals surface area (Å²) in [4.78, 5) is 0. The van der Waals surface area contributed by atoms with E-state index in [2.05, 4.69) is 0 Å². The third kappa shape index (κ3) is 2.42. The zero-order valence-corrected chi connectivity index (χ0v) is 10.2. The van der Waals surface area contributed by atoms with Crippen LogP contribution in [0, 0.1) is 29.1 Å². The van der Waals surface area contributed by atoms with E-state index in [1.807, 2.05) is 0 Å². The number of halogens is 5. The highest BCUT2D eigenvalue weighted by Gasteiger charge is 2.31. The van der Waals surface area contributed by atoms with Gasteiger partial charge in [0, 0.05) is 0 Å². The van der Waals surface area contributed by atoms with Crippen LogP contribution in [0.3, 0.4) is 0 Å². The van der Waals surface area contributed by atoms with Gasteiger partial charge in [-0.15, -0.1) is 0 Å². The molecule has 0 bridgehead atoms. The van der Waals surface area contributed by atoms with Crippen molar-refractivity contribution in [2.24, 2.45) is 0 Å². The number of hydrogen-bond acceptors (Lipinski definition) is 1. The Labute approximate surface area is 102 Å². The maximum absolute atomic E-state index is 13.4. The minimum Gasteiger partial charge on any atom is -0.481 e. The summed E-state index contributed by atoms with van der Waals surface area (Å²) in [6, 6.07) is 0. The lowest BCUT2D eigenvalue weighted by Crippen LogP contribution is -2.31. The quantitative estimate of drug-likeness (QED) is 0.448. The van der Waals surface area contributed by atoms with Gasteiger partial charge >= 0.3 is 0 Å². The topological polar surface area (TPSA) is 9.23 Å². The highest BCUT2D eigenvalue weighted by molar-refractivity contribution is 5.30. The van der Waals surface area contributed by atoms with Crippen molar-refractivity contribution in [1.82, 2.24) is 0 Å². The second-order valence-electron chi connectivity index (χ2n) is 4.16. The van der Waals surface area contributed by atoms with Crippen LogP contribution in [0.25, 0.3) is 0 Å². The van der Waals surface area contributed by atoms with E-state index < -0.39 is 40.4 Å². The fourth-order valence-electron chi connectivity index (χ4n) is 1.32. The maximum Gasteiger partial charge on any atom is 0.207 e.